The standard InChI is InChI=1S/C23H24ClN5O2S/c1-15-11-19(31-26-15)14-27-7-9-28(10-8-27)22(30)21-12-20-16(2)25-29(23(20)32-21)13-17-3-5-18(24)6-4-17/h3-6,11-12H,7-10,13-14H2,1-2H3. The molecule has 4 aromatic rings. The summed E-state index contributed by atoms with van der Waals surface area (Å²) in [5.41, 5.74) is 2.96. The van der Waals surface area contributed by atoms with E-state index in [4.69, 9.17) is 16.1 Å². The van der Waals surface area contributed by atoms with E-state index in [-0.39, 0.29) is 5.91 Å². The zero-order valence-corrected chi connectivity index (χ0v) is 19.6. The lowest BCUT2D eigenvalue weighted by Gasteiger charge is -2.33. The molecule has 1 amide bonds. The largest absolute Gasteiger partial charge is 0.360 e. The van der Waals surface area contributed by atoms with Crippen LogP contribution in [0.25, 0.3) is 10.2 Å². The molecule has 1 saturated heterocycles. The summed E-state index contributed by atoms with van der Waals surface area (Å²) in [7, 11) is 0. The molecule has 0 unspecified atom stereocenters. The fourth-order valence-electron chi connectivity index (χ4n) is 4.06. The number of amides is 1. The molecule has 0 spiro atoms. The van der Waals surface area contributed by atoms with Crippen molar-refractivity contribution >= 4 is 39.1 Å². The van der Waals surface area contributed by atoms with Crippen molar-refractivity contribution < 1.29 is 9.32 Å². The van der Waals surface area contributed by atoms with E-state index >= 15 is 0 Å². The molecule has 0 N–H and O–H groups in total. The van der Waals surface area contributed by atoms with Crippen LogP contribution in [0.15, 0.2) is 40.9 Å². The fraction of sp³-hybridized carbons (Fsp3) is 0.348. The number of halogens is 1. The number of piperazine rings is 1. The number of nitrogens with zero attached hydrogens (tertiary/aromatic N) is 5. The highest BCUT2D eigenvalue weighted by Crippen LogP contribution is 2.30. The summed E-state index contributed by atoms with van der Waals surface area (Å²) in [4.78, 5) is 19.2. The summed E-state index contributed by atoms with van der Waals surface area (Å²) < 4.78 is 7.30. The van der Waals surface area contributed by atoms with E-state index < -0.39 is 0 Å². The van der Waals surface area contributed by atoms with Gasteiger partial charge in [-0.15, -0.1) is 11.3 Å². The highest BCUT2D eigenvalue weighted by Gasteiger charge is 2.25. The van der Waals surface area contributed by atoms with E-state index in [2.05, 4.69) is 15.2 Å². The van der Waals surface area contributed by atoms with Crippen LogP contribution in [0.3, 0.4) is 0 Å². The number of aryl methyl sites for hydroxylation is 2. The molecule has 0 saturated carbocycles. The van der Waals surface area contributed by atoms with Crippen LogP contribution in [0, 0.1) is 13.8 Å². The molecule has 5 rings (SSSR count). The molecule has 1 fully saturated rings. The molecule has 0 radical (unpaired) electrons. The van der Waals surface area contributed by atoms with Gasteiger partial charge in [-0.05, 0) is 37.6 Å². The molecule has 1 aromatic carbocycles. The van der Waals surface area contributed by atoms with Gasteiger partial charge < -0.3 is 9.42 Å². The highest BCUT2D eigenvalue weighted by atomic mass is 35.5. The maximum Gasteiger partial charge on any atom is 0.264 e. The van der Waals surface area contributed by atoms with Crippen LogP contribution in [-0.2, 0) is 13.1 Å². The molecule has 3 aromatic heterocycles. The quantitative estimate of drug-likeness (QED) is 0.434. The van der Waals surface area contributed by atoms with Crippen molar-refractivity contribution in [1.82, 2.24) is 24.7 Å². The van der Waals surface area contributed by atoms with Crippen LogP contribution in [0.2, 0.25) is 5.02 Å². The Labute approximate surface area is 195 Å². The highest BCUT2D eigenvalue weighted by molar-refractivity contribution is 7.20. The molecule has 1 aliphatic rings. The molecule has 166 valence electrons. The van der Waals surface area contributed by atoms with Crippen molar-refractivity contribution in [2.24, 2.45) is 0 Å². The first-order valence-corrected chi connectivity index (χ1v) is 11.8. The van der Waals surface area contributed by atoms with E-state index in [1.54, 1.807) is 0 Å². The van der Waals surface area contributed by atoms with Gasteiger partial charge in [0.1, 0.15) is 4.83 Å². The van der Waals surface area contributed by atoms with Crippen molar-refractivity contribution in [2.75, 3.05) is 26.2 Å². The van der Waals surface area contributed by atoms with Gasteiger partial charge in [0.15, 0.2) is 5.76 Å². The maximum absolute atomic E-state index is 13.2. The second kappa shape index (κ2) is 8.69. The first-order valence-electron chi connectivity index (χ1n) is 10.6. The molecule has 0 aliphatic carbocycles. The smallest absolute Gasteiger partial charge is 0.264 e. The minimum Gasteiger partial charge on any atom is -0.360 e. The fourth-order valence-corrected chi connectivity index (χ4v) is 5.32. The van der Waals surface area contributed by atoms with Gasteiger partial charge in [-0.1, -0.05) is 28.9 Å². The summed E-state index contributed by atoms with van der Waals surface area (Å²) in [5, 5.41) is 10.4. The number of fused-ring (bicyclic) bond motifs is 1. The first kappa shape index (κ1) is 21.2. The number of hydrogen-bond donors (Lipinski definition) is 0. The Morgan fingerprint density at radius 2 is 1.84 bits per heavy atom. The van der Waals surface area contributed by atoms with E-state index in [0.717, 1.165) is 62.5 Å². The number of carbonyl (C=O) groups is 1. The summed E-state index contributed by atoms with van der Waals surface area (Å²) in [6.45, 7) is 8.34. The van der Waals surface area contributed by atoms with Gasteiger partial charge in [0, 0.05) is 42.7 Å². The zero-order valence-electron chi connectivity index (χ0n) is 18.0. The van der Waals surface area contributed by atoms with Gasteiger partial charge in [0.05, 0.1) is 29.4 Å². The number of aromatic nitrogens is 3. The van der Waals surface area contributed by atoms with Crippen LogP contribution in [0.4, 0.5) is 0 Å². The number of benzene rings is 1. The van der Waals surface area contributed by atoms with E-state index in [0.29, 0.717) is 19.6 Å². The monoisotopic (exact) mass is 469 g/mol. The van der Waals surface area contributed by atoms with E-state index in [1.165, 1.54) is 11.3 Å². The summed E-state index contributed by atoms with van der Waals surface area (Å²) in [6, 6.07) is 11.7. The predicted molar refractivity (Wildman–Crippen MR) is 125 cm³/mol. The average Bonchev–Trinajstić information content (AvgIpc) is 3.47. The van der Waals surface area contributed by atoms with Gasteiger partial charge in [0.2, 0.25) is 0 Å². The third-order valence-electron chi connectivity index (χ3n) is 5.78. The molecule has 4 heterocycles. The van der Waals surface area contributed by atoms with Crippen LogP contribution in [0.5, 0.6) is 0 Å². The Morgan fingerprint density at radius 3 is 2.53 bits per heavy atom. The number of thiophene rings is 1. The Kier molecular flexibility index (Phi) is 5.75. The van der Waals surface area contributed by atoms with Gasteiger partial charge in [-0.3, -0.25) is 14.4 Å². The molecule has 0 atom stereocenters. The second-order valence-electron chi connectivity index (χ2n) is 8.20. The molecular formula is C23H24ClN5O2S. The summed E-state index contributed by atoms with van der Waals surface area (Å²) in [5.74, 6) is 0.964. The second-order valence-corrected chi connectivity index (χ2v) is 9.67. The van der Waals surface area contributed by atoms with Crippen LogP contribution < -0.4 is 0 Å². The maximum atomic E-state index is 13.2. The minimum atomic E-state index is 0.0961. The Hall–Kier alpha value is -2.68. The first-order chi connectivity index (χ1) is 15.5. The lowest BCUT2D eigenvalue weighted by Crippen LogP contribution is -2.48. The molecule has 0 bridgehead atoms. The number of carbonyl (C=O) groups excluding carboxylic acids is 1. The Morgan fingerprint density at radius 1 is 1.09 bits per heavy atom. The minimum absolute atomic E-state index is 0.0961. The lowest BCUT2D eigenvalue weighted by atomic mass is 10.2. The summed E-state index contributed by atoms with van der Waals surface area (Å²) >= 11 is 7.52. The van der Waals surface area contributed by atoms with E-state index in [1.807, 2.05) is 59.8 Å². The van der Waals surface area contributed by atoms with Crippen LogP contribution in [0.1, 0.15) is 32.4 Å². The van der Waals surface area contributed by atoms with Crippen molar-refractivity contribution in [2.45, 2.75) is 26.9 Å². The zero-order chi connectivity index (χ0) is 22.2. The molecule has 9 heteroatoms. The SMILES string of the molecule is Cc1cc(CN2CCN(C(=O)c3cc4c(C)nn(Cc5ccc(Cl)cc5)c4s3)CC2)on1. The van der Waals surface area contributed by atoms with E-state index in [9.17, 15) is 4.79 Å². The van der Waals surface area contributed by atoms with Crippen molar-refractivity contribution in [3.8, 4) is 0 Å². The van der Waals surface area contributed by atoms with Crippen LogP contribution in [-0.4, -0.2) is 56.8 Å². The number of hydrogen-bond acceptors (Lipinski definition) is 6. The normalized spacial score (nSPS) is 15.0. The van der Waals surface area contributed by atoms with Crippen LogP contribution >= 0.6 is 22.9 Å². The van der Waals surface area contributed by atoms with Gasteiger partial charge in [0.25, 0.3) is 5.91 Å². The average molecular weight is 470 g/mol. The van der Waals surface area contributed by atoms with Crippen molar-refractivity contribution in [3.63, 3.8) is 0 Å². The lowest BCUT2D eigenvalue weighted by molar-refractivity contribution is 0.0622. The Balaban J connectivity index is 1.27. The topological polar surface area (TPSA) is 67.4 Å². The third kappa shape index (κ3) is 4.30. The Bertz CT molecular complexity index is 1250. The molecule has 1 aliphatic heterocycles. The molecule has 32 heavy (non-hydrogen) atoms. The third-order valence-corrected chi connectivity index (χ3v) is 7.17. The van der Waals surface area contributed by atoms with Gasteiger partial charge in [-0.25, -0.2) is 0 Å². The molecule has 7 nitrogen and oxygen atoms in total. The van der Waals surface area contributed by atoms with Crippen molar-refractivity contribution in [3.05, 3.63) is 69.0 Å². The summed E-state index contributed by atoms with van der Waals surface area (Å²) in [6.07, 6.45) is 0. The number of rotatable bonds is 5. The van der Waals surface area contributed by atoms with Crippen molar-refractivity contribution in [1.29, 1.82) is 0 Å². The van der Waals surface area contributed by atoms with Gasteiger partial charge in [-0.2, -0.15) is 5.10 Å². The van der Waals surface area contributed by atoms with Gasteiger partial charge >= 0.3 is 0 Å². The predicted octanol–water partition coefficient (Wildman–Crippen LogP) is 4.36. The molecular weight excluding hydrogens is 446 g/mol.